The molecule has 0 spiro atoms. The Bertz CT molecular complexity index is 231. The number of hydrogen-bond donors (Lipinski definition) is 0. The van der Waals surface area contributed by atoms with E-state index in [1.165, 1.54) is 25.7 Å². The quantitative estimate of drug-likeness (QED) is 0.573. The second-order valence-corrected chi connectivity index (χ2v) is 6.91. The van der Waals surface area contributed by atoms with Gasteiger partial charge >= 0.3 is 0 Å². The molecule has 0 saturated carbocycles. The van der Waals surface area contributed by atoms with Gasteiger partial charge in [0, 0.05) is 26.2 Å². The van der Waals surface area contributed by atoms with Crippen molar-refractivity contribution in [3.05, 3.63) is 0 Å². The Kier molecular flexibility index (Phi) is 9.49. The summed E-state index contributed by atoms with van der Waals surface area (Å²) in [5.41, 5.74) is 0. The average Bonchev–Trinajstić information content (AvgIpc) is 2.38. The molecule has 0 bridgehead atoms. The highest BCUT2D eigenvalue weighted by Crippen LogP contribution is 2.14. The molecule has 1 atom stereocenters. The predicted octanol–water partition coefficient (Wildman–Crippen LogP) is 3.58. The lowest BCUT2D eigenvalue weighted by atomic mass is 10.0. The summed E-state index contributed by atoms with van der Waals surface area (Å²) in [5, 5.41) is 0. The molecule has 1 aliphatic rings. The predicted molar refractivity (Wildman–Crippen MR) is 85.1 cm³/mol. The van der Waals surface area contributed by atoms with E-state index in [-0.39, 0.29) is 0 Å². The maximum atomic E-state index is 5.87. The lowest BCUT2D eigenvalue weighted by molar-refractivity contribution is -0.0407. The van der Waals surface area contributed by atoms with E-state index in [0.717, 1.165) is 51.3 Å². The second-order valence-electron chi connectivity index (χ2n) is 6.91. The van der Waals surface area contributed by atoms with Crippen LogP contribution >= 0.6 is 0 Å². The van der Waals surface area contributed by atoms with Crippen LogP contribution in [0.25, 0.3) is 0 Å². The Morgan fingerprint density at radius 1 is 1.10 bits per heavy atom. The van der Waals surface area contributed by atoms with E-state index in [9.17, 15) is 0 Å². The van der Waals surface area contributed by atoms with E-state index in [1.54, 1.807) is 0 Å². The summed E-state index contributed by atoms with van der Waals surface area (Å²) in [6.07, 6.45) is 5.43. The third kappa shape index (κ3) is 8.93. The van der Waals surface area contributed by atoms with Crippen molar-refractivity contribution in [1.29, 1.82) is 0 Å². The maximum absolute atomic E-state index is 5.87. The van der Waals surface area contributed by atoms with Crippen LogP contribution in [0.2, 0.25) is 0 Å². The van der Waals surface area contributed by atoms with E-state index in [2.05, 4.69) is 32.6 Å². The number of hydrogen-bond acceptors (Lipinski definition) is 3. The van der Waals surface area contributed by atoms with Crippen molar-refractivity contribution in [2.45, 2.75) is 59.5 Å². The van der Waals surface area contributed by atoms with Crippen LogP contribution in [0, 0.1) is 11.8 Å². The molecule has 0 unspecified atom stereocenters. The minimum Gasteiger partial charge on any atom is -0.380 e. The van der Waals surface area contributed by atoms with Gasteiger partial charge in [0.1, 0.15) is 0 Å². The molecule has 3 nitrogen and oxygen atoms in total. The fourth-order valence-corrected chi connectivity index (χ4v) is 2.53. The first-order chi connectivity index (χ1) is 9.58. The molecule has 0 radical (unpaired) electrons. The minimum atomic E-state index is 0.443. The summed E-state index contributed by atoms with van der Waals surface area (Å²) < 4.78 is 11.6. The molecule has 20 heavy (non-hydrogen) atoms. The lowest BCUT2D eigenvalue weighted by Gasteiger charge is -2.33. The zero-order valence-electron chi connectivity index (χ0n) is 14.1. The lowest BCUT2D eigenvalue weighted by Crippen LogP contribution is -2.43. The Balaban J connectivity index is 2.05. The minimum absolute atomic E-state index is 0.443. The van der Waals surface area contributed by atoms with Crippen molar-refractivity contribution in [3.8, 4) is 0 Å². The molecule has 0 amide bonds. The van der Waals surface area contributed by atoms with Gasteiger partial charge in [-0.2, -0.15) is 0 Å². The molecule has 0 aromatic carbocycles. The highest BCUT2D eigenvalue weighted by Gasteiger charge is 2.19. The molecule has 1 heterocycles. The van der Waals surface area contributed by atoms with E-state index in [0.29, 0.717) is 6.10 Å². The third-order valence-electron chi connectivity index (χ3n) is 3.92. The number of nitrogens with zero attached hydrogens (tertiary/aromatic N) is 1. The summed E-state index contributed by atoms with van der Waals surface area (Å²) in [4.78, 5) is 2.50. The van der Waals surface area contributed by atoms with Crippen molar-refractivity contribution >= 4 is 0 Å². The standard InChI is InChI=1S/C17H35NO2/c1-15(2)6-5-7-17-14-18(10-13-20-17)9-12-19-11-8-16(3)4/h15-17H,5-14H2,1-4H3/t17-/m1/s1. The first-order valence-electron chi connectivity index (χ1n) is 8.49. The SMILES string of the molecule is CC(C)CCC[C@@H]1CN(CCOCCC(C)C)CCO1. The Morgan fingerprint density at radius 3 is 2.55 bits per heavy atom. The van der Waals surface area contributed by atoms with Crippen LogP contribution < -0.4 is 0 Å². The van der Waals surface area contributed by atoms with Gasteiger partial charge in [0.25, 0.3) is 0 Å². The summed E-state index contributed by atoms with van der Waals surface area (Å²) in [5.74, 6) is 1.55. The summed E-state index contributed by atoms with van der Waals surface area (Å²) >= 11 is 0. The summed E-state index contributed by atoms with van der Waals surface area (Å²) in [6.45, 7) is 14.9. The Hall–Kier alpha value is -0.120. The fraction of sp³-hybridized carbons (Fsp3) is 1.00. The van der Waals surface area contributed by atoms with Gasteiger partial charge in [0.15, 0.2) is 0 Å². The number of morpholine rings is 1. The van der Waals surface area contributed by atoms with Crippen LogP contribution in [0.1, 0.15) is 53.4 Å². The van der Waals surface area contributed by atoms with Gasteiger partial charge in [0.05, 0.1) is 19.3 Å². The van der Waals surface area contributed by atoms with Crippen LogP contribution in [0.3, 0.4) is 0 Å². The topological polar surface area (TPSA) is 21.7 Å². The number of rotatable bonds is 10. The average molecular weight is 285 g/mol. The van der Waals surface area contributed by atoms with Crippen LogP contribution in [-0.2, 0) is 9.47 Å². The molecular weight excluding hydrogens is 250 g/mol. The highest BCUT2D eigenvalue weighted by molar-refractivity contribution is 4.71. The van der Waals surface area contributed by atoms with Gasteiger partial charge in [-0.3, -0.25) is 4.90 Å². The maximum Gasteiger partial charge on any atom is 0.0702 e. The molecule has 1 aliphatic heterocycles. The normalized spacial score (nSPS) is 21.0. The Labute approximate surface area is 126 Å². The first kappa shape index (κ1) is 17.9. The molecule has 1 saturated heterocycles. The van der Waals surface area contributed by atoms with Gasteiger partial charge in [-0.15, -0.1) is 0 Å². The smallest absolute Gasteiger partial charge is 0.0702 e. The van der Waals surface area contributed by atoms with Crippen molar-refractivity contribution in [3.63, 3.8) is 0 Å². The van der Waals surface area contributed by atoms with Gasteiger partial charge in [0.2, 0.25) is 0 Å². The zero-order valence-corrected chi connectivity index (χ0v) is 14.1. The Morgan fingerprint density at radius 2 is 1.85 bits per heavy atom. The van der Waals surface area contributed by atoms with Crippen LogP contribution in [0.4, 0.5) is 0 Å². The summed E-state index contributed by atoms with van der Waals surface area (Å²) in [7, 11) is 0. The monoisotopic (exact) mass is 285 g/mol. The van der Waals surface area contributed by atoms with Crippen LogP contribution in [0.15, 0.2) is 0 Å². The van der Waals surface area contributed by atoms with Crippen molar-refractivity contribution in [2.24, 2.45) is 11.8 Å². The van der Waals surface area contributed by atoms with Gasteiger partial charge in [-0.1, -0.05) is 40.5 Å². The van der Waals surface area contributed by atoms with Crippen molar-refractivity contribution in [1.82, 2.24) is 4.90 Å². The molecular formula is C17H35NO2. The molecule has 3 heteroatoms. The second kappa shape index (κ2) is 10.6. The van der Waals surface area contributed by atoms with Gasteiger partial charge < -0.3 is 9.47 Å². The molecule has 120 valence electrons. The highest BCUT2D eigenvalue weighted by atomic mass is 16.5. The largest absolute Gasteiger partial charge is 0.380 e. The van der Waals surface area contributed by atoms with Crippen LogP contribution in [-0.4, -0.2) is 50.5 Å². The number of ether oxygens (including phenoxy) is 2. The molecule has 1 fully saturated rings. The van der Waals surface area contributed by atoms with Crippen LogP contribution in [0.5, 0.6) is 0 Å². The molecule has 0 aromatic heterocycles. The van der Waals surface area contributed by atoms with E-state index in [1.807, 2.05) is 0 Å². The molecule has 0 aliphatic carbocycles. The van der Waals surface area contributed by atoms with E-state index >= 15 is 0 Å². The van der Waals surface area contributed by atoms with Gasteiger partial charge in [-0.05, 0) is 24.7 Å². The first-order valence-corrected chi connectivity index (χ1v) is 8.49. The zero-order chi connectivity index (χ0) is 14.8. The fourth-order valence-electron chi connectivity index (χ4n) is 2.53. The molecule has 0 aromatic rings. The van der Waals surface area contributed by atoms with E-state index < -0.39 is 0 Å². The third-order valence-corrected chi connectivity index (χ3v) is 3.92. The molecule has 0 N–H and O–H groups in total. The summed E-state index contributed by atoms with van der Waals surface area (Å²) in [6, 6.07) is 0. The van der Waals surface area contributed by atoms with Gasteiger partial charge in [-0.25, -0.2) is 0 Å². The van der Waals surface area contributed by atoms with Crippen molar-refractivity contribution in [2.75, 3.05) is 39.5 Å². The molecule has 1 rings (SSSR count). The van der Waals surface area contributed by atoms with E-state index in [4.69, 9.17) is 9.47 Å². The van der Waals surface area contributed by atoms with Crippen molar-refractivity contribution < 1.29 is 9.47 Å².